The number of thioether (sulfide) groups is 1. The van der Waals surface area contributed by atoms with Gasteiger partial charge in [0, 0.05) is 11.1 Å². The van der Waals surface area contributed by atoms with Crippen molar-refractivity contribution in [3.05, 3.63) is 45.3 Å². The molecule has 0 saturated carbocycles. The third kappa shape index (κ3) is 4.35. The summed E-state index contributed by atoms with van der Waals surface area (Å²) in [6, 6.07) is 4.70. The molecule has 0 saturated heterocycles. The van der Waals surface area contributed by atoms with Gasteiger partial charge in [-0.2, -0.15) is 8.78 Å². The van der Waals surface area contributed by atoms with Crippen LogP contribution >= 0.6 is 23.1 Å². The number of hydrogen-bond acceptors (Lipinski definition) is 5. The first kappa shape index (κ1) is 17.8. The molecular formula is C16H15F2N3O2S2. The lowest BCUT2D eigenvalue weighted by atomic mass is 9.99. The van der Waals surface area contributed by atoms with Gasteiger partial charge in [0.05, 0.1) is 10.4 Å². The van der Waals surface area contributed by atoms with Crippen LogP contribution in [0, 0.1) is 0 Å². The van der Waals surface area contributed by atoms with Crippen molar-refractivity contribution in [1.82, 2.24) is 15.8 Å². The van der Waals surface area contributed by atoms with Gasteiger partial charge in [-0.3, -0.25) is 20.4 Å². The van der Waals surface area contributed by atoms with Crippen LogP contribution in [0.15, 0.2) is 29.4 Å². The molecule has 0 fully saturated rings. The van der Waals surface area contributed by atoms with E-state index in [1.807, 2.05) is 6.07 Å². The Balaban J connectivity index is 1.64. The van der Waals surface area contributed by atoms with Gasteiger partial charge in [-0.25, -0.2) is 4.98 Å². The lowest BCUT2D eigenvalue weighted by molar-refractivity contribution is 0.0846. The average molecular weight is 383 g/mol. The Labute approximate surface area is 151 Å². The van der Waals surface area contributed by atoms with Gasteiger partial charge in [0.1, 0.15) is 5.03 Å². The number of hydrazine groups is 1. The molecule has 0 aromatic carbocycles. The summed E-state index contributed by atoms with van der Waals surface area (Å²) in [5, 5.41) is -0.0872. The summed E-state index contributed by atoms with van der Waals surface area (Å²) >= 11 is 1.61. The Bertz CT molecular complexity index is 772. The zero-order chi connectivity index (χ0) is 17.8. The van der Waals surface area contributed by atoms with Gasteiger partial charge >= 0.3 is 0 Å². The maximum Gasteiger partial charge on any atom is 0.290 e. The number of carbonyl (C=O) groups excluding carboxylic acids is 2. The molecule has 5 nitrogen and oxygen atoms in total. The van der Waals surface area contributed by atoms with Crippen LogP contribution < -0.4 is 10.9 Å². The van der Waals surface area contributed by atoms with Crippen LogP contribution in [0.4, 0.5) is 8.78 Å². The van der Waals surface area contributed by atoms with Gasteiger partial charge in [-0.1, -0.05) is 0 Å². The SMILES string of the molecule is O=C(NNC(=O)c1cccnc1SC(F)F)c1cc2c(s1)CCCC2. The summed E-state index contributed by atoms with van der Waals surface area (Å²) in [5.74, 6) is -3.79. The number of aromatic nitrogens is 1. The molecule has 132 valence electrons. The maximum absolute atomic E-state index is 12.5. The van der Waals surface area contributed by atoms with E-state index in [0.29, 0.717) is 4.88 Å². The molecule has 1 aliphatic rings. The van der Waals surface area contributed by atoms with Gasteiger partial charge < -0.3 is 0 Å². The molecule has 0 spiro atoms. The molecule has 25 heavy (non-hydrogen) atoms. The van der Waals surface area contributed by atoms with Crippen molar-refractivity contribution in [1.29, 1.82) is 0 Å². The summed E-state index contributed by atoms with van der Waals surface area (Å²) < 4.78 is 25.1. The molecule has 0 radical (unpaired) electrons. The maximum atomic E-state index is 12.5. The lowest BCUT2D eigenvalue weighted by Gasteiger charge is -2.09. The summed E-state index contributed by atoms with van der Waals surface area (Å²) in [7, 11) is 0. The Morgan fingerprint density at radius 3 is 2.72 bits per heavy atom. The molecule has 2 N–H and O–H groups in total. The van der Waals surface area contributed by atoms with E-state index in [1.54, 1.807) is 0 Å². The number of halogens is 2. The van der Waals surface area contributed by atoms with Crippen LogP contribution in [-0.4, -0.2) is 22.6 Å². The fourth-order valence-electron chi connectivity index (χ4n) is 2.59. The highest BCUT2D eigenvalue weighted by Crippen LogP contribution is 2.29. The fraction of sp³-hybridized carbons (Fsp3) is 0.312. The van der Waals surface area contributed by atoms with E-state index in [4.69, 9.17) is 0 Å². The second-order valence-corrected chi connectivity index (χ2v) is 7.52. The van der Waals surface area contributed by atoms with E-state index in [9.17, 15) is 18.4 Å². The molecule has 3 rings (SSSR count). The van der Waals surface area contributed by atoms with Gasteiger partial charge in [0.15, 0.2) is 0 Å². The first-order valence-corrected chi connectivity index (χ1v) is 9.36. The van der Waals surface area contributed by atoms with Crippen LogP contribution in [0.3, 0.4) is 0 Å². The molecule has 2 aromatic rings. The highest BCUT2D eigenvalue weighted by Gasteiger charge is 2.19. The number of nitrogens with zero attached hydrogens (tertiary/aromatic N) is 1. The fourth-order valence-corrected chi connectivity index (χ4v) is 4.31. The van der Waals surface area contributed by atoms with Gasteiger partial charge in [0.2, 0.25) is 0 Å². The van der Waals surface area contributed by atoms with Crippen molar-refractivity contribution in [2.75, 3.05) is 0 Å². The highest BCUT2D eigenvalue weighted by molar-refractivity contribution is 7.99. The molecular weight excluding hydrogens is 368 g/mol. The van der Waals surface area contributed by atoms with E-state index in [1.165, 1.54) is 40.1 Å². The largest absolute Gasteiger partial charge is 0.290 e. The Hall–Kier alpha value is -2.00. The normalized spacial score (nSPS) is 13.4. The third-order valence-corrected chi connectivity index (χ3v) is 5.69. The quantitative estimate of drug-likeness (QED) is 0.627. The van der Waals surface area contributed by atoms with Crippen molar-refractivity contribution >= 4 is 34.9 Å². The van der Waals surface area contributed by atoms with Crippen molar-refractivity contribution in [3.63, 3.8) is 0 Å². The number of nitrogens with one attached hydrogen (secondary N) is 2. The molecule has 0 atom stereocenters. The molecule has 0 unspecified atom stereocenters. The molecule has 0 aliphatic heterocycles. The van der Waals surface area contributed by atoms with Crippen molar-refractivity contribution in [2.45, 2.75) is 36.5 Å². The number of carbonyl (C=O) groups is 2. The van der Waals surface area contributed by atoms with Crippen molar-refractivity contribution in [2.24, 2.45) is 0 Å². The minimum Gasteiger partial charge on any atom is -0.267 e. The van der Waals surface area contributed by atoms with E-state index < -0.39 is 17.6 Å². The number of rotatable bonds is 4. The first-order valence-electron chi connectivity index (χ1n) is 7.66. The smallest absolute Gasteiger partial charge is 0.267 e. The number of hydrogen-bond donors (Lipinski definition) is 2. The van der Waals surface area contributed by atoms with Crippen molar-refractivity contribution in [3.8, 4) is 0 Å². The van der Waals surface area contributed by atoms with E-state index in [0.717, 1.165) is 25.7 Å². The molecule has 2 amide bonds. The van der Waals surface area contributed by atoms with Crippen molar-refractivity contribution < 1.29 is 18.4 Å². The summed E-state index contributed by atoms with van der Waals surface area (Å²) in [6.07, 6.45) is 5.51. The predicted octanol–water partition coefficient (Wildman–Crippen LogP) is 3.41. The van der Waals surface area contributed by atoms with Crippen LogP contribution in [0.2, 0.25) is 0 Å². The number of thiophene rings is 1. The monoisotopic (exact) mass is 383 g/mol. The van der Waals surface area contributed by atoms with Gasteiger partial charge in [0.25, 0.3) is 17.6 Å². The molecule has 0 bridgehead atoms. The average Bonchev–Trinajstić information content (AvgIpc) is 3.03. The first-order chi connectivity index (χ1) is 12.0. The topological polar surface area (TPSA) is 71.1 Å². The summed E-state index contributed by atoms with van der Waals surface area (Å²) in [5.41, 5.74) is 5.77. The highest BCUT2D eigenvalue weighted by atomic mass is 32.2. The second-order valence-electron chi connectivity index (χ2n) is 5.41. The summed E-state index contributed by atoms with van der Waals surface area (Å²) in [4.78, 5) is 29.9. The Kier molecular flexibility index (Phi) is 5.64. The molecule has 2 heterocycles. The molecule has 2 aromatic heterocycles. The predicted molar refractivity (Wildman–Crippen MR) is 92.0 cm³/mol. The van der Waals surface area contributed by atoms with E-state index in [2.05, 4.69) is 15.8 Å². The van der Waals surface area contributed by atoms with E-state index in [-0.39, 0.29) is 22.4 Å². The van der Waals surface area contributed by atoms with Crippen LogP contribution in [0.1, 0.15) is 43.3 Å². The molecule has 9 heteroatoms. The Morgan fingerprint density at radius 2 is 1.96 bits per heavy atom. The summed E-state index contributed by atoms with van der Waals surface area (Å²) in [6.45, 7) is 0. The number of aryl methyl sites for hydroxylation is 2. The third-order valence-electron chi connectivity index (χ3n) is 3.73. The van der Waals surface area contributed by atoms with Crippen LogP contribution in [0.25, 0.3) is 0 Å². The standard InChI is InChI=1S/C16H15F2N3O2S2/c17-16(18)25-15-10(5-3-7-19-15)13(22)20-21-14(23)12-8-9-4-1-2-6-11(9)24-12/h3,5,7-8,16H,1-2,4,6H2,(H,20,22)(H,21,23). The second kappa shape index (κ2) is 7.92. The zero-order valence-electron chi connectivity index (χ0n) is 13.1. The number of alkyl halides is 2. The lowest BCUT2D eigenvalue weighted by Crippen LogP contribution is -2.41. The number of pyridine rings is 1. The van der Waals surface area contributed by atoms with E-state index >= 15 is 0 Å². The van der Waals surface area contributed by atoms with Gasteiger partial charge in [-0.15, -0.1) is 11.3 Å². The number of fused-ring (bicyclic) bond motifs is 1. The molecule has 1 aliphatic carbocycles. The minimum atomic E-state index is -2.69. The Morgan fingerprint density at radius 1 is 1.20 bits per heavy atom. The number of amides is 2. The van der Waals surface area contributed by atoms with Crippen LogP contribution in [-0.2, 0) is 12.8 Å². The zero-order valence-corrected chi connectivity index (χ0v) is 14.7. The van der Waals surface area contributed by atoms with Crippen LogP contribution in [0.5, 0.6) is 0 Å². The van der Waals surface area contributed by atoms with Gasteiger partial charge in [-0.05, 0) is 61.2 Å². The minimum absolute atomic E-state index is 0.0152.